The van der Waals surface area contributed by atoms with E-state index < -0.39 is 0 Å². The number of rotatable bonds is 8. The van der Waals surface area contributed by atoms with E-state index in [0.717, 1.165) is 22.7 Å². The molecule has 0 saturated carbocycles. The molecule has 0 amide bonds. The van der Waals surface area contributed by atoms with Crippen LogP contribution in [0.4, 0.5) is 0 Å². The van der Waals surface area contributed by atoms with Gasteiger partial charge in [0.2, 0.25) is 0 Å². The van der Waals surface area contributed by atoms with Crippen molar-refractivity contribution in [2.75, 3.05) is 13.7 Å². The predicted molar refractivity (Wildman–Crippen MR) is 140 cm³/mol. The van der Waals surface area contributed by atoms with Gasteiger partial charge in [0.25, 0.3) is 5.56 Å². The molecule has 8 heteroatoms. The Balaban J connectivity index is 1.48. The molecule has 5 aromatic rings. The quantitative estimate of drug-likeness (QED) is 0.324. The zero-order valence-corrected chi connectivity index (χ0v) is 20.6. The van der Waals surface area contributed by atoms with Gasteiger partial charge in [-0.1, -0.05) is 24.3 Å². The van der Waals surface area contributed by atoms with Crippen LogP contribution in [0, 0.1) is 0 Å². The van der Waals surface area contributed by atoms with Crippen molar-refractivity contribution in [3.8, 4) is 17.1 Å². The minimum absolute atomic E-state index is 0.0852. The SMILES string of the molecule is CCOc1ccc(-n2c(CN(C)C(C)c3ccc(-n4cncn4)cc3)nc3ccccc3c2=O)cc1. The molecule has 0 fully saturated rings. The van der Waals surface area contributed by atoms with Crippen LogP contribution in [-0.4, -0.2) is 42.9 Å². The van der Waals surface area contributed by atoms with Gasteiger partial charge in [0.05, 0.1) is 35.4 Å². The number of benzene rings is 3. The molecule has 0 N–H and O–H groups in total. The summed E-state index contributed by atoms with van der Waals surface area (Å²) in [6.07, 6.45) is 3.20. The molecule has 182 valence electrons. The lowest BCUT2D eigenvalue weighted by Gasteiger charge is -2.26. The molecule has 0 radical (unpaired) electrons. The Morgan fingerprint density at radius 1 is 0.972 bits per heavy atom. The van der Waals surface area contributed by atoms with Gasteiger partial charge in [-0.2, -0.15) is 5.10 Å². The van der Waals surface area contributed by atoms with Gasteiger partial charge in [-0.05, 0) is 75.0 Å². The van der Waals surface area contributed by atoms with Crippen LogP contribution in [0.3, 0.4) is 0 Å². The molecule has 3 aromatic carbocycles. The van der Waals surface area contributed by atoms with E-state index in [1.165, 1.54) is 6.33 Å². The second-order valence-corrected chi connectivity index (χ2v) is 8.64. The van der Waals surface area contributed by atoms with Crippen LogP contribution < -0.4 is 10.3 Å². The van der Waals surface area contributed by atoms with Gasteiger partial charge in [-0.25, -0.2) is 14.6 Å². The third kappa shape index (κ3) is 4.63. The molecule has 8 nitrogen and oxygen atoms in total. The average molecular weight is 481 g/mol. The van der Waals surface area contributed by atoms with Crippen molar-refractivity contribution in [1.82, 2.24) is 29.2 Å². The predicted octanol–water partition coefficient (Wildman–Crippen LogP) is 4.56. The van der Waals surface area contributed by atoms with Gasteiger partial charge >= 0.3 is 0 Å². The van der Waals surface area contributed by atoms with Crippen molar-refractivity contribution in [2.45, 2.75) is 26.4 Å². The fourth-order valence-corrected chi connectivity index (χ4v) is 4.27. The standard InChI is InChI=1S/C28H28N6O2/c1-4-36-24-15-13-23(14-16-24)34-27(31-26-8-6-5-7-25(26)28(34)35)17-32(3)20(2)21-9-11-22(12-10-21)33-19-29-18-30-33/h5-16,18-20H,4,17H2,1-3H3. The molecule has 2 heterocycles. The zero-order valence-electron chi connectivity index (χ0n) is 20.6. The first-order valence-electron chi connectivity index (χ1n) is 11.9. The Hall–Kier alpha value is -4.30. The number of aromatic nitrogens is 5. The molecule has 0 bridgehead atoms. The third-order valence-corrected chi connectivity index (χ3v) is 6.36. The van der Waals surface area contributed by atoms with E-state index in [0.29, 0.717) is 29.9 Å². The van der Waals surface area contributed by atoms with Crippen molar-refractivity contribution >= 4 is 10.9 Å². The van der Waals surface area contributed by atoms with E-state index >= 15 is 0 Å². The van der Waals surface area contributed by atoms with Gasteiger partial charge in [0, 0.05) is 6.04 Å². The molecular weight excluding hydrogens is 452 g/mol. The van der Waals surface area contributed by atoms with Crippen LogP contribution in [-0.2, 0) is 6.54 Å². The lowest BCUT2D eigenvalue weighted by atomic mass is 10.1. The van der Waals surface area contributed by atoms with Crippen molar-refractivity contribution < 1.29 is 4.74 Å². The summed E-state index contributed by atoms with van der Waals surface area (Å²) in [5.74, 6) is 1.45. The first kappa shape index (κ1) is 23.4. The van der Waals surface area contributed by atoms with Crippen molar-refractivity contribution in [3.05, 3.63) is 107 Å². The van der Waals surface area contributed by atoms with E-state index in [2.05, 4.69) is 34.0 Å². The Morgan fingerprint density at radius 2 is 1.69 bits per heavy atom. The Morgan fingerprint density at radius 3 is 2.39 bits per heavy atom. The van der Waals surface area contributed by atoms with Crippen LogP contribution in [0.15, 0.2) is 90.2 Å². The number of hydrogen-bond acceptors (Lipinski definition) is 6. The lowest BCUT2D eigenvalue weighted by molar-refractivity contribution is 0.245. The Labute approximate surface area is 209 Å². The van der Waals surface area contributed by atoms with Crippen molar-refractivity contribution in [1.29, 1.82) is 0 Å². The number of nitrogens with zero attached hydrogens (tertiary/aromatic N) is 6. The van der Waals surface area contributed by atoms with Crippen molar-refractivity contribution in [3.63, 3.8) is 0 Å². The maximum atomic E-state index is 13.6. The van der Waals surface area contributed by atoms with Crippen LogP contribution >= 0.6 is 0 Å². The number of fused-ring (bicyclic) bond motifs is 1. The van der Waals surface area contributed by atoms with Gasteiger partial charge in [0.1, 0.15) is 24.2 Å². The second-order valence-electron chi connectivity index (χ2n) is 8.64. The highest BCUT2D eigenvalue weighted by Gasteiger charge is 2.18. The molecule has 0 aliphatic heterocycles. The van der Waals surface area contributed by atoms with E-state index in [4.69, 9.17) is 9.72 Å². The number of hydrogen-bond donors (Lipinski definition) is 0. The highest BCUT2D eigenvalue weighted by molar-refractivity contribution is 5.77. The lowest BCUT2D eigenvalue weighted by Crippen LogP contribution is -2.29. The Bertz CT molecular complexity index is 1510. The maximum Gasteiger partial charge on any atom is 0.266 e. The molecular formula is C28H28N6O2. The van der Waals surface area contributed by atoms with Crippen LogP contribution in [0.1, 0.15) is 31.3 Å². The topological polar surface area (TPSA) is 78.1 Å². The van der Waals surface area contributed by atoms with E-state index in [1.807, 2.05) is 74.6 Å². The molecule has 36 heavy (non-hydrogen) atoms. The van der Waals surface area contributed by atoms with Gasteiger partial charge in [0.15, 0.2) is 0 Å². The van der Waals surface area contributed by atoms with E-state index in [9.17, 15) is 4.79 Å². The number of ether oxygens (including phenoxy) is 1. The summed E-state index contributed by atoms with van der Waals surface area (Å²) in [4.78, 5) is 24.7. The summed E-state index contributed by atoms with van der Waals surface area (Å²) in [7, 11) is 2.04. The normalized spacial score (nSPS) is 12.2. The summed E-state index contributed by atoms with van der Waals surface area (Å²) in [5, 5.41) is 4.78. The van der Waals surface area contributed by atoms with Crippen LogP contribution in [0.2, 0.25) is 0 Å². The van der Waals surface area contributed by atoms with Gasteiger partial charge < -0.3 is 4.74 Å². The summed E-state index contributed by atoms with van der Waals surface area (Å²) >= 11 is 0. The molecule has 2 aromatic heterocycles. The minimum atomic E-state index is -0.0852. The first-order chi connectivity index (χ1) is 17.5. The molecule has 0 spiro atoms. The van der Waals surface area contributed by atoms with E-state index in [-0.39, 0.29) is 11.6 Å². The third-order valence-electron chi connectivity index (χ3n) is 6.36. The maximum absolute atomic E-state index is 13.6. The highest BCUT2D eigenvalue weighted by Crippen LogP contribution is 2.23. The molecule has 5 rings (SSSR count). The largest absolute Gasteiger partial charge is 0.494 e. The average Bonchev–Trinajstić information content (AvgIpc) is 3.45. The highest BCUT2D eigenvalue weighted by atomic mass is 16.5. The summed E-state index contributed by atoms with van der Waals surface area (Å²) in [5.41, 5.74) is 3.47. The second kappa shape index (κ2) is 10.1. The van der Waals surface area contributed by atoms with Crippen molar-refractivity contribution in [2.24, 2.45) is 0 Å². The molecule has 0 aliphatic rings. The smallest absolute Gasteiger partial charge is 0.266 e. The monoisotopic (exact) mass is 480 g/mol. The molecule has 1 unspecified atom stereocenters. The molecule has 0 saturated heterocycles. The summed E-state index contributed by atoms with van der Waals surface area (Å²) < 4.78 is 9.02. The fraction of sp³-hybridized carbons (Fsp3) is 0.214. The van der Waals surface area contributed by atoms with Crippen LogP contribution in [0.5, 0.6) is 5.75 Å². The van der Waals surface area contributed by atoms with E-state index in [1.54, 1.807) is 15.6 Å². The Kier molecular flexibility index (Phi) is 6.60. The van der Waals surface area contributed by atoms with Crippen LogP contribution in [0.25, 0.3) is 22.3 Å². The minimum Gasteiger partial charge on any atom is -0.494 e. The van der Waals surface area contributed by atoms with Gasteiger partial charge in [-0.3, -0.25) is 14.3 Å². The first-order valence-corrected chi connectivity index (χ1v) is 11.9. The molecule has 1 atom stereocenters. The summed E-state index contributed by atoms with van der Waals surface area (Å²) in [6, 6.07) is 23.4. The summed E-state index contributed by atoms with van der Waals surface area (Å²) in [6.45, 7) is 5.16. The fourth-order valence-electron chi connectivity index (χ4n) is 4.27. The number of para-hydroxylation sites is 1. The van der Waals surface area contributed by atoms with Gasteiger partial charge in [-0.15, -0.1) is 0 Å². The zero-order chi connectivity index (χ0) is 25.1. The molecule has 0 aliphatic carbocycles.